The molecule has 3 nitrogen and oxygen atoms in total. The minimum atomic E-state index is -0.439. The van der Waals surface area contributed by atoms with Gasteiger partial charge in [0.15, 0.2) is 0 Å². The van der Waals surface area contributed by atoms with Crippen LogP contribution in [0.25, 0.3) is 21.7 Å². The molecule has 0 saturated heterocycles. The first-order chi connectivity index (χ1) is 9.99. The van der Waals surface area contributed by atoms with E-state index in [4.69, 9.17) is 28.9 Å². The van der Waals surface area contributed by atoms with Gasteiger partial charge in [-0.3, -0.25) is 4.68 Å². The molecule has 0 bridgehead atoms. The Bertz CT molecular complexity index is 805. The van der Waals surface area contributed by atoms with Gasteiger partial charge in [0, 0.05) is 12.6 Å². The van der Waals surface area contributed by atoms with Crippen molar-refractivity contribution in [3.8, 4) is 21.7 Å². The maximum absolute atomic E-state index is 14.2. The molecule has 0 aliphatic heterocycles. The average Bonchev–Trinajstić information content (AvgIpc) is 2.97. The Kier molecular flexibility index (Phi) is 3.65. The number of nitrogen functional groups attached to an aromatic ring is 1. The molecular formula is C14H10Cl2FN3S. The van der Waals surface area contributed by atoms with Crippen LogP contribution in [0.3, 0.4) is 0 Å². The molecule has 21 heavy (non-hydrogen) atoms. The molecule has 0 fully saturated rings. The van der Waals surface area contributed by atoms with Gasteiger partial charge in [-0.2, -0.15) is 5.10 Å². The average molecular weight is 342 g/mol. The van der Waals surface area contributed by atoms with Gasteiger partial charge in [0.05, 0.1) is 19.8 Å². The molecule has 2 aromatic heterocycles. The molecule has 0 radical (unpaired) electrons. The summed E-state index contributed by atoms with van der Waals surface area (Å²) in [5.41, 5.74) is 7.37. The standard InChI is InChI=1S/C14H10Cl2FN3S/c1-20-14(18)12(11-7(15)3-2-4-8(11)17)13(19-20)9-5-6-10(16)21-9/h2-6H,18H2,1H3. The normalized spacial score (nSPS) is 11.0. The molecule has 3 rings (SSSR count). The van der Waals surface area contributed by atoms with E-state index in [1.807, 2.05) is 6.07 Å². The third-order valence-corrected chi connectivity index (χ3v) is 4.66. The first-order valence-electron chi connectivity index (χ1n) is 6.01. The summed E-state index contributed by atoms with van der Waals surface area (Å²) in [4.78, 5) is 0.807. The molecule has 108 valence electrons. The number of thiophene rings is 1. The molecule has 1 aromatic carbocycles. The fraction of sp³-hybridized carbons (Fsp3) is 0.0714. The fourth-order valence-electron chi connectivity index (χ4n) is 2.13. The molecular weight excluding hydrogens is 332 g/mol. The number of hydrogen-bond acceptors (Lipinski definition) is 3. The molecule has 0 unspecified atom stereocenters. The van der Waals surface area contributed by atoms with Crippen molar-refractivity contribution in [2.75, 3.05) is 5.73 Å². The Labute approximate surface area is 134 Å². The van der Waals surface area contributed by atoms with E-state index >= 15 is 0 Å². The highest BCUT2D eigenvalue weighted by molar-refractivity contribution is 7.19. The second-order valence-corrected chi connectivity index (χ2v) is 6.56. The van der Waals surface area contributed by atoms with Crippen LogP contribution in [0.15, 0.2) is 30.3 Å². The maximum atomic E-state index is 14.2. The van der Waals surface area contributed by atoms with Crippen LogP contribution >= 0.6 is 34.5 Å². The SMILES string of the molecule is Cn1nc(-c2ccc(Cl)s2)c(-c2c(F)cccc2Cl)c1N. The number of rotatable bonds is 2. The third-order valence-electron chi connectivity index (χ3n) is 3.11. The Balaban J connectivity index is 2.32. The summed E-state index contributed by atoms with van der Waals surface area (Å²) in [6.07, 6.45) is 0. The molecule has 0 spiro atoms. The lowest BCUT2D eigenvalue weighted by Crippen LogP contribution is -1.98. The van der Waals surface area contributed by atoms with Gasteiger partial charge in [-0.15, -0.1) is 11.3 Å². The number of anilines is 1. The Morgan fingerprint density at radius 2 is 1.95 bits per heavy atom. The van der Waals surface area contributed by atoms with Gasteiger partial charge in [0.1, 0.15) is 17.3 Å². The third kappa shape index (κ3) is 2.41. The highest BCUT2D eigenvalue weighted by Crippen LogP contribution is 2.43. The van der Waals surface area contributed by atoms with E-state index in [1.165, 1.54) is 22.1 Å². The van der Waals surface area contributed by atoms with Gasteiger partial charge in [-0.25, -0.2) is 4.39 Å². The summed E-state index contributed by atoms with van der Waals surface area (Å²) in [7, 11) is 1.70. The lowest BCUT2D eigenvalue weighted by molar-refractivity contribution is 0.631. The van der Waals surface area contributed by atoms with Gasteiger partial charge in [0.25, 0.3) is 0 Å². The number of aryl methyl sites for hydroxylation is 1. The van der Waals surface area contributed by atoms with E-state index in [0.29, 0.717) is 26.4 Å². The zero-order valence-electron chi connectivity index (χ0n) is 10.9. The summed E-state index contributed by atoms with van der Waals surface area (Å²) in [6.45, 7) is 0. The number of nitrogens with zero attached hydrogens (tertiary/aromatic N) is 2. The van der Waals surface area contributed by atoms with Crippen molar-refractivity contribution in [3.05, 3.63) is 45.5 Å². The first kappa shape index (κ1) is 14.4. The van der Waals surface area contributed by atoms with Crippen LogP contribution in [-0.2, 0) is 7.05 Å². The fourth-order valence-corrected chi connectivity index (χ4v) is 3.43. The summed E-state index contributed by atoms with van der Waals surface area (Å²) >= 11 is 13.5. The lowest BCUT2D eigenvalue weighted by atomic mass is 10.0. The zero-order chi connectivity index (χ0) is 15.1. The topological polar surface area (TPSA) is 43.8 Å². The van der Waals surface area contributed by atoms with Crippen molar-refractivity contribution in [2.24, 2.45) is 7.05 Å². The smallest absolute Gasteiger partial charge is 0.132 e. The van der Waals surface area contributed by atoms with Crippen LogP contribution in [0.5, 0.6) is 0 Å². The van der Waals surface area contributed by atoms with Crippen LogP contribution in [-0.4, -0.2) is 9.78 Å². The van der Waals surface area contributed by atoms with Gasteiger partial charge >= 0.3 is 0 Å². The van der Waals surface area contributed by atoms with Crippen molar-refractivity contribution >= 4 is 40.4 Å². The second kappa shape index (κ2) is 5.33. The molecule has 0 aliphatic carbocycles. The molecule has 7 heteroatoms. The van der Waals surface area contributed by atoms with E-state index in [2.05, 4.69) is 5.10 Å². The van der Waals surface area contributed by atoms with Crippen LogP contribution in [0.1, 0.15) is 0 Å². The highest BCUT2D eigenvalue weighted by atomic mass is 35.5. The van der Waals surface area contributed by atoms with Crippen molar-refractivity contribution in [1.82, 2.24) is 9.78 Å². The monoisotopic (exact) mass is 341 g/mol. The van der Waals surface area contributed by atoms with E-state index < -0.39 is 5.82 Å². The van der Waals surface area contributed by atoms with Crippen molar-refractivity contribution in [3.63, 3.8) is 0 Å². The molecule has 3 aromatic rings. The van der Waals surface area contributed by atoms with Gasteiger partial charge < -0.3 is 5.73 Å². The zero-order valence-corrected chi connectivity index (χ0v) is 13.2. The summed E-state index contributed by atoms with van der Waals surface area (Å²) in [6, 6.07) is 8.11. The maximum Gasteiger partial charge on any atom is 0.132 e. The van der Waals surface area contributed by atoms with E-state index in [9.17, 15) is 4.39 Å². The molecule has 0 saturated carbocycles. The second-order valence-electron chi connectivity index (χ2n) is 4.43. The number of aromatic nitrogens is 2. The lowest BCUT2D eigenvalue weighted by Gasteiger charge is -2.07. The Morgan fingerprint density at radius 3 is 2.57 bits per heavy atom. The van der Waals surface area contributed by atoms with Crippen molar-refractivity contribution in [2.45, 2.75) is 0 Å². The minimum absolute atomic E-state index is 0.254. The predicted molar refractivity (Wildman–Crippen MR) is 86.3 cm³/mol. The van der Waals surface area contributed by atoms with E-state index in [0.717, 1.165) is 4.88 Å². The Morgan fingerprint density at radius 1 is 1.19 bits per heavy atom. The van der Waals surface area contributed by atoms with Crippen molar-refractivity contribution < 1.29 is 4.39 Å². The van der Waals surface area contributed by atoms with E-state index in [1.54, 1.807) is 25.2 Å². The minimum Gasteiger partial charge on any atom is -0.383 e. The number of halogens is 3. The van der Waals surface area contributed by atoms with Crippen molar-refractivity contribution in [1.29, 1.82) is 0 Å². The van der Waals surface area contributed by atoms with Gasteiger partial charge in [0.2, 0.25) is 0 Å². The first-order valence-corrected chi connectivity index (χ1v) is 7.59. The summed E-state index contributed by atoms with van der Waals surface area (Å²) < 4.78 is 16.4. The predicted octanol–water partition coefficient (Wildman–Crippen LogP) is 4.84. The summed E-state index contributed by atoms with van der Waals surface area (Å²) in [5.74, 6) is -0.0902. The number of nitrogens with two attached hydrogens (primary N) is 1. The molecule has 2 N–H and O–H groups in total. The van der Waals surface area contributed by atoms with Gasteiger partial charge in [-0.05, 0) is 24.3 Å². The van der Waals surface area contributed by atoms with Crippen LogP contribution in [0, 0.1) is 5.82 Å². The molecule has 0 atom stereocenters. The molecule has 2 heterocycles. The summed E-state index contributed by atoms with van der Waals surface area (Å²) in [5, 5.41) is 4.66. The van der Waals surface area contributed by atoms with Crippen LogP contribution in [0.4, 0.5) is 10.2 Å². The quantitative estimate of drug-likeness (QED) is 0.724. The van der Waals surface area contributed by atoms with Crippen LogP contribution < -0.4 is 5.73 Å². The number of hydrogen-bond donors (Lipinski definition) is 1. The van der Waals surface area contributed by atoms with Gasteiger partial charge in [-0.1, -0.05) is 29.3 Å². The largest absolute Gasteiger partial charge is 0.383 e. The molecule has 0 amide bonds. The number of benzene rings is 1. The highest BCUT2D eigenvalue weighted by Gasteiger charge is 2.23. The Hall–Kier alpha value is -1.56. The van der Waals surface area contributed by atoms with E-state index in [-0.39, 0.29) is 5.56 Å². The molecule has 0 aliphatic rings. The van der Waals surface area contributed by atoms with Crippen LogP contribution in [0.2, 0.25) is 9.36 Å².